The van der Waals surface area contributed by atoms with E-state index in [9.17, 15) is 9.90 Å². The second kappa shape index (κ2) is 11.1. The van der Waals surface area contributed by atoms with Crippen molar-refractivity contribution in [1.82, 2.24) is 9.88 Å². The van der Waals surface area contributed by atoms with Crippen LogP contribution < -0.4 is 0 Å². The number of carbonyl (C=O) groups is 1. The van der Waals surface area contributed by atoms with E-state index in [4.69, 9.17) is 37.4 Å². The van der Waals surface area contributed by atoms with Gasteiger partial charge in [0.25, 0.3) is 5.91 Å². The second-order valence-corrected chi connectivity index (χ2v) is 12.0. The highest BCUT2D eigenvalue weighted by atomic mass is 35.5. The van der Waals surface area contributed by atoms with Crippen molar-refractivity contribution in [2.24, 2.45) is 0 Å². The van der Waals surface area contributed by atoms with Crippen molar-refractivity contribution < 1.29 is 32.9 Å². The zero-order valence-electron chi connectivity index (χ0n) is 22.9. The van der Waals surface area contributed by atoms with Gasteiger partial charge in [0.15, 0.2) is 0 Å². The number of rotatable bonds is 7. The molecule has 4 heterocycles. The summed E-state index contributed by atoms with van der Waals surface area (Å²) in [5.74, 6) is -1.38. The Morgan fingerprint density at radius 1 is 1.10 bits per heavy atom. The molecule has 1 aromatic heterocycles. The summed E-state index contributed by atoms with van der Waals surface area (Å²) in [7, 11) is 0. The van der Waals surface area contributed by atoms with Gasteiger partial charge in [-0.25, -0.2) is 8.78 Å². The Morgan fingerprint density at radius 2 is 1.81 bits per heavy atom. The standard InChI is InChI=1S/C31H30Cl2F2N2O5/c1-29(39,30(35)9-12-40-13-10-30)20-14-25-27(26(34)15-20)31(42-24-8-11-41-18-24,19-2-4-21(32)5-3-19)37(28(25)38)17-23-7-6-22(33)16-36-23/h2-7,14-16,24,39H,8-13,17-18H2,1H3/t24-,29?,31+/m0/s1. The molecule has 7 nitrogen and oxygen atoms in total. The minimum absolute atomic E-state index is 0.0323. The van der Waals surface area contributed by atoms with Gasteiger partial charge in [-0.1, -0.05) is 35.3 Å². The Labute approximate surface area is 252 Å². The minimum atomic E-state index is -2.10. The largest absolute Gasteiger partial charge is 0.382 e. The predicted molar refractivity (Wildman–Crippen MR) is 152 cm³/mol. The summed E-state index contributed by atoms with van der Waals surface area (Å²) in [6, 6.07) is 12.5. The van der Waals surface area contributed by atoms with Gasteiger partial charge in [0.05, 0.1) is 41.1 Å². The van der Waals surface area contributed by atoms with E-state index in [0.717, 1.165) is 6.07 Å². The molecule has 6 rings (SSSR count). The van der Waals surface area contributed by atoms with E-state index in [2.05, 4.69) is 4.98 Å². The van der Waals surface area contributed by atoms with E-state index in [0.29, 0.717) is 34.3 Å². The number of hydrogen-bond acceptors (Lipinski definition) is 6. The molecule has 222 valence electrons. The number of nitrogens with zero attached hydrogens (tertiary/aromatic N) is 2. The maximum absolute atomic E-state index is 16.6. The summed E-state index contributed by atoms with van der Waals surface area (Å²) < 4.78 is 50.3. The number of benzene rings is 2. The van der Waals surface area contributed by atoms with E-state index < -0.39 is 34.8 Å². The van der Waals surface area contributed by atoms with Gasteiger partial charge >= 0.3 is 0 Å². The number of alkyl halides is 1. The van der Waals surface area contributed by atoms with Gasteiger partial charge in [-0.05, 0) is 55.3 Å². The molecule has 0 radical (unpaired) electrons. The van der Waals surface area contributed by atoms with Crippen LogP contribution >= 0.6 is 23.2 Å². The Kier molecular flexibility index (Phi) is 7.79. The van der Waals surface area contributed by atoms with E-state index in [1.165, 1.54) is 24.1 Å². The Morgan fingerprint density at radius 3 is 2.45 bits per heavy atom. The first kappa shape index (κ1) is 29.4. The van der Waals surface area contributed by atoms with Crippen LogP contribution in [0.15, 0.2) is 54.7 Å². The molecule has 3 aliphatic heterocycles. The van der Waals surface area contributed by atoms with E-state index in [1.807, 2.05) is 0 Å². The van der Waals surface area contributed by atoms with Crippen molar-refractivity contribution in [3.05, 3.63) is 98.5 Å². The lowest BCUT2D eigenvalue weighted by atomic mass is 9.75. The Balaban J connectivity index is 1.56. The molecule has 11 heteroatoms. The fraction of sp³-hybridized carbons (Fsp3) is 0.419. The predicted octanol–water partition coefficient (Wildman–Crippen LogP) is 5.92. The first-order chi connectivity index (χ1) is 20.0. The minimum Gasteiger partial charge on any atom is -0.382 e. The normalized spacial score (nSPS) is 25.0. The van der Waals surface area contributed by atoms with Crippen LogP contribution in [-0.2, 0) is 32.1 Å². The van der Waals surface area contributed by atoms with Crippen LogP contribution in [0, 0.1) is 5.82 Å². The van der Waals surface area contributed by atoms with Crippen LogP contribution in [0.3, 0.4) is 0 Å². The summed E-state index contributed by atoms with van der Waals surface area (Å²) >= 11 is 12.3. The zero-order valence-corrected chi connectivity index (χ0v) is 24.4. The van der Waals surface area contributed by atoms with Gasteiger partial charge in [-0.15, -0.1) is 0 Å². The molecule has 2 saturated heterocycles. The lowest BCUT2D eigenvalue weighted by molar-refractivity contribution is -0.149. The number of carbonyl (C=O) groups excluding carboxylic acids is 1. The van der Waals surface area contributed by atoms with Gasteiger partial charge in [-0.3, -0.25) is 14.7 Å². The highest BCUT2D eigenvalue weighted by Gasteiger charge is 2.57. The quantitative estimate of drug-likeness (QED) is 0.354. The average molecular weight is 619 g/mol. The highest BCUT2D eigenvalue weighted by Crippen LogP contribution is 2.51. The third-order valence-electron chi connectivity index (χ3n) is 8.57. The molecule has 0 spiro atoms. The molecule has 2 aromatic carbocycles. The topological polar surface area (TPSA) is 81.1 Å². The van der Waals surface area contributed by atoms with Gasteiger partial charge in [0.2, 0.25) is 5.72 Å². The summed E-state index contributed by atoms with van der Waals surface area (Å²) in [6.07, 6.45) is 1.40. The maximum atomic E-state index is 16.6. The first-order valence-electron chi connectivity index (χ1n) is 13.8. The van der Waals surface area contributed by atoms with Gasteiger partial charge in [0.1, 0.15) is 17.1 Å². The van der Waals surface area contributed by atoms with E-state index in [1.54, 1.807) is 36.4 Å². The van der Waals surface area contributed by atoms with Gasteiger partial charge in [0, 0.05) is 49.4 Å². The van der Waals surface area contributed by atoms with Gasteiger partial charge in [-0.2, -0.15) is 0 Å². The van der Waals surface area contributed by atoms with Crippen molar-refractivity contribution in [3.8, 4) is 0 Å². The van der Waals surface area contributed by atoms with Crippen molar-refractivity contribution in [2.75, 3.05) is 26.4 Å². The monoisotopic (exact) mass is 618 g/mol. The third kappa shape index (κ3) is 4.90. The Bertz CT molecular complexity index is 1480. The molecule has 42 heavy (non-hydrogen) atoms. The molecule has 0 saturated carbocycles. The maximum Gasteiger partial charge on any atom is 0.257 e. The summed E-state index contributed by atoms with van der Waals surface area (Å²) in [4.78, 5) is 20.1. The highest BCUT2D eigenvalue weighted by molar-refractivity contribution is 6.30. The van der Waals surface area contributed by atoms with Crippen molar-refractivity contribution in [3.63, 3.8) is 0 Å². The molecule has 3 atom stereocenters. The SMILES string of the molecule is CC(O)(c1cc(F)c2c(c1)C(=O)N(Cc1ccc(Cl)cn1)[C@@]2(O[C@H]1CCOC1)c1ccc(Cl)cc1)C1(F)CCOCC1. The molecule has 0 bridgehead atoms. The number of aromatic nitrogens is 1. The summed E-state index contributed by atoms with van der Waals surface area (Å²) in [5, 5.41) is 12.4. The third-order valence-corrected chi connectivity index (χ3v) is 9.05. The number of ether oxygens (including phenoxy) is 3. The number of amides is 1. The smallest absolute Gasteiger partial charge is 0.257 e. The molecule has 3 aromatic rings. The number of aliphatic hydroxyl groups is 1. The second-order valence-electron chi connectivity index (χ2n) is 11.1. The molecule has 3 aliphatic rings. The first-order valence-corrected chi connectivity index (χ1v) is 14.6. The number of halogens is 4. The van der Waals surface area contributed by atoms with Crippen molar-refractivity contribution in [1.29, 1.82) is 0 Å². The van der Waals surface area contributed by atoms with E-state index in [-0.39, 0.29) is 55.9 Å². The molecular weight excluding hydrogens is 589 g/mol. The van der Waals surface area contributed by atoms with Crippen molar-refractivity contribution >= 4 is 29.1 Å². The molecule has 1 amide bonds. The molecule has 1 N–H and O–H groups in total. The fourth-order valence-corrected chi connectivity index (χ4v) is 6.36. The van der Waals surface area contributed by atoms with Crippen LogP contribution in [0.2, 0.25) is 10.0 Å². The van der Waals surface area contributed by atoms with Crippen LogP contribution in [-0.4, -0.2) is 59.1 Å². The summed E-state index contributed by atoms with van der Waals surface area (Å²) in [6.45, 7) is 2.21. The zero-order chi connectivity index (χ0) is 29.7. The number of fused-ring (bicyclic) bond motifs is 1. The molecule has 0 aliphatic carbocycles. The Hall–Kier alpha value is -2.66. The number of hydrogen-bond donors (Lipinski definition) is 1. The van der Waals surface area contributed by atoms with E-state index >= 15 is 8.78 Å². The van der Waals surface area contributed by atoms with Crippen molar-refractivity contribution in [2.45, 2.75) is 55.8 Å². The summed E-state index contributed by atoms with van der Waals surface area (Å²) in [5.41, 5.74) is -5.08. The van der Waals surface area contributed by atoms with Crippen LogP contribution in [0.1, 0.15) is 58.9 Å². The fourth-order valence-electron chi connectivity index (χ4n) is 6.12. The lowest BCUT2D eigenvalue weighted by Crippen LogP contribution is -2.50. The van der Waals surface area contributed by atoms with Crippen LogP contribution in [0.4, 0.5) is 8.78 Å². The lowest BCUT2D eigenvalue weighted by Gasteiger charge is -2.42. The molecule has 2 fully saturated rings. The number of pyridine rings is 1. The van der Waals surface area contributed by atoms with Crippen LogP contribution in [0.5, 0.6) is 0 Å². The van der Waals surface area contributed by atoms with Gasteiger partial charge < -0.3 is 19.3 Å². The van der Waals surface area contributed by atoms with Crippen LogP contribution in [0.25, 0.3) is 0 Å². The average Bonchev–Trinajstić information content (AvgIpc) is 3.56. The molecular formula is C31H30Cl2F2N2O5. The molecule has 1 unspecified atom stereocenters.